The van der Waals surface area contributed by atoms with Crippen LogP contribution in [-0.4, -0.2) is 34.2 Å². The van der Waals surface area contributed by atoms with Gasteiger partial charge >= 0.3 is 0 Å². The maximum Gasteiger partial charge on any atom is 0.267 e. The van der Waals surface area contributed by atoms with Crippen LogP contribution in [-0.2, 0) is 9.84 Å². The topological polar surface area (TPSA) is 183 Å². The van der Waals surface area contributed by atoms with Crippen molar-refractivity contribution in [2.24, 2.45) is 0 Å². The number of benzene rings is 2. The number of rotatable bonds is 5. The molecule has 0 spiro atoms. The van der Waals surface area contributed by atoms with E-state index < -0.39 is 21.4 Å². The molecule has 0 radical (unpaired) electrons. The lowest BCUT2D eigenvalue weighted by molar-refractivity contribution is 0.602. The molecule has 2 aromatic carbocycles. The Morgan fingerprint density at radius 3 is 2.41 bits per heavy atom. The van der Waals surface area contributed by atoms with Gasteiger partial charge in [-0.2, -0.15) is 15.2 Å². The SMILES string of the molecule is C[C@H](Nc1nc(N)nc(N)c1C#N)c1nc2cccc(S(C)(=O)=O)c2c(=O)n1-c1ccccc1. The molecule has 0 unspecified atom stereocenters. The second-order valence-corrected chi connectivity index (χ2v) is 9.52. The molecule has 0 bridgehead atoms. The van der Waals surface area contributed by atoms with Crippen LogP contribution < -0.4 is 22.3 Å². The molecule has 0 aliphatic heterocycles. The number of sulfone groups is 1. The highest BCUT2D eigenvalue weighted by Crippen LogP contribution is 2.26. The summed E-state index contributed by atoms with van der Waals surface area (Å²) in [5.74, 6) is 0.123. The number of fused-ring (bicyclic) bond motifs is 1. The van der Waals surface area contributed by atoms with Crippen molar-refractivity contribution >= 4 is 38.3 Å². The molecule has 0 amide bonds. The monoisotopic (exact) mass is 476 g/mol. The number of aromatic nitrogens is 4. The molecule has 2 aromatic heterocycles. The van der Waals surface area contributed by atoms with Gasteiger partial charge in [-0.25, -0.2) is 13.4 Å². The molecule has 4 rings (SSSR count). The first-order valence-corrected chi connectivity index (χ1v) is 11.9. The lowest BCUT2D eigenvalue weighted by Crippen LogP contribution is -2.28. The number of nitrogens with one attached hydrogen (secondary N) is 1. The van der Waals surface area contributed by atoms with Gasteiger partial charge in [-0.3, -0.25) is 9.36 Å². The zero-order valence-corrected chi connectivity index (χ0v) is 19.0. The predicted molar refractivity (Wildman–Crippen MR) is 128 cm³/mol. The van der Waals surface area contributed by atoms with Gasteiger partial charge in [-0.05, 0) is 31.2 Å². The van der Waals surface area contributed by atoms with Crippen molar-refractivity contribution in [3.8, 4) is 11.8 Å². The van der Waals surface area contributed by atoms with Crippen LogP contribution in [0.5, 0.6) is 0 Å². The lowest BCUT2D eigenvalue weighted by Gasteiger charge is -2.21. The van der Waals surface area contributed by atoms with E-state index in [1.165, 1.54) is 16.7 Å². The van der Waals surface area contributed by atoms with Gasteiger partial charge in [0, 0.05) is 6.26 Å². The largest absolute Gasteiger partial charge is 0.382 e. The smallest absolute Gasteiger partial charge is 0.267 e. The average Bonchev–Trinajstić information content (AvgIpc) is 2.78. The van der Waals surface area contributed by atoms with Crippen molar-refractivity contribution in [1.29, 1.82) is 5.26 Å². The van der Waals surface area contributed by atoms with Crippen LogP contribution in [0.15, 0.2) is 58.2 Å². The standard InChI is InChI=1S/C22H20N8O3S/c1-12(26-19-14(11-23)18(24)28-22(25)29-19)20-27-15-9-6-10-16(34(2,32)33)17(15)21(31)30(20)13-7-4-3-5-8-13/h3-10,12H,1-2H3,(H5,24,25,26,28,29)/t12-/m0/s1. The first kappa shape index (κ1) is 22.7. The molecule has 0 fully saturated rings. The molecule has 4 aromatic rings. The van der Waals surface area contributed by atoms with Gasteiger partial charge in [-0.1, -0.05) is 24.3 Å². The summed E-state index contributed by atoms with van der Waals surface area (Å²) in [4.78, 5) is 26.1. The highest BCUT2D eigenvalue weighted by atomic mass is 32.2. The van der Waals surface area contributed by atoms with E-state index in [0.717, 1.165) is 6.26 Å². The van der Waals surface area contributed by atoms with Crippen LogP contribution >= 0.6 is 0 Å². The molecule has 1 atom stereocenters. The van der Waals surface area contributed by atoms with E-state index >= 15 is 0 Å². The predicted octanol–water partition coefficient (Wildman–Crippen LogP) is 1.79. The summed E-state index contributed by atoms with van der Waals surface area (Å²) in [6, 6.07) is 14.4. The Kier molecular flexibility index (Phi) is 5.64. The zero-order valence-electron chi connectivity index (χ0n) is 18.2. The Morgan fingerprint density at radius 2 is 1.76 bits per heavy atom. The first-order chi connectivity index (χ1) is 16.1. The number of hydrogen-bond donors (Lipinski definition) is 3. The van der Waals surface area contributed by atoms with Crippen molar-refractivity contribution in [3.63, 3.8) is 0 Å². The van der Waals surface area contributed by atoms with E-state index in [0.29, 0.717) is 5.69 Å². The number of nitrogens with two attached hydrogens (primary N) is 2. The highest BCUT2D eigenvalue weighted by molar-refractivity contribution is 7.91. The van der Waals surface area contributed by atoms with Gasteiger partial charge in [0.15, 0.2) is 15.7 Å². The van der Waals surface area contributed by atoms with Crippen molar-refractivity contribution in [1.82, 2.24) is 19.5 Å². The number of nitrogens with zero attached hydrogens (tertiary/aromatic N) is 5. The zero-order chi connectivity index (χ0) is 24.6. The molecule has 0 aliphatic carbocycles. The molecule has 11 nitrogen and oxygen atoms in total. The van der Waals surface area contributed by atoms with Crippen LogP contribution in [0, 0.1) is 11.3 Å². The lowest BCUT2D eigenvalue weighted by atomic mass is 10.2. The normalized spacial score (nSPS) is 12.3. The van der Waals surface area contributed by atoms with Gasteiger partial charge < -0.3 is 16.8 Å². The van der Waals surface area contributed by atoms with E-state index in [9.17, 15) is 18.5 Å². The Hall–Kier alpha value is -4.50. The quantitative estimate of drug-likeness (QED) is 0.384. The second kappa shape index (κ2) is 8.45. The van der Waals surface area contributed by atoms with Crippen LogP contribution in [0.25, 0.3) is 16.6 Å². The molecule has 12 heteroatoms. The van der Waals surface area contributed by atoms with Gasteiger partial charge in [0.1, 0.15) is 23.3 Å². The van der Waals surface area contributed by atoms with E-state index in [-0.39, 0.29) is 44.8 Å². The first-order valence-electron chi connectivity index (χ1n) is 10.0. The number of anilines is 3. The summed E-state index contributed by atoms with van der Waals surface area (Å²) in [7, 11) is -3.70. The van der Waals surface area contributed by atoms with E-state index in [2.05, 4.69) is 20.3 Å². The minimum Gasteiger partial charge on any atom is -0.382 e. The number of nitriles is 1. The van der Waals surface area contributed by atoms with Crippen molar-refractivity contribution < 1.29 is 8.42 Å². The second-order valence-electron chi connectivity index (χ2n) is 7.54. The summed E-state index contributed by atoms with van der Waals surface area (Å²) in [5, 5.41) is 12.5. The third-order valence-corrected chi connectivity index (χ3v) is 6.24. The Bertz CT molecular complexity index is 1630. The molecule has 34 heavy (non-hydrogen) atoms. The van der Waals surface area contributed by atoms with Gasteiger partial charge in [-0.15, -0.1) is 0 Å². The van der Waals surface area contributed by atoms with Crippen LogP contribution in [0.3, 0.4) is 0 Å². The number of para-hydroxylation sites is 1. The summed E-state index contributed by atoms with van der Waals surface area (Å²) < 4.78 is 26.1. The van der Waals surface area contributed by atoms with Gasteiger partial charge in [0.25, 0.3) is 5.56 Å². The summed E-state index contributed by atoms with van der Waals surface area (Å²) in [5.41, 5.74) is 11.6. The summed E-state index contributed by atoms with van der Waals surface area (Å²) >= 11 is 0. The average molecular weight is 477 g/mol. The summed E-state index contributed by atoms with van der Waals surface area (Å²) in [6.45, 7) is 1.71. The van der Waals surface area contributed by atoms with Gasteiger partial charge in [0.05, 0.1) is 27.5 Å². The molecular formula is C22H20N8O3S. The molecule has 0 aliphatic rings. The third kappa shape index (κ3) is 4.00. The van der Waals surface area contributed by atoms with Crippen molar-refractivity contribution in [2.45, 2.75) is 17.9 Å². The Morgan fingerprint density at radius 1 is 1.06 bits per heavy atom. The van der Waals surface area contributed by atoms with Crippen LogP contribution in [0.2, 0.25) is 0 Å². The van der Waals surface area contributed by atoms with Gasteiger partial charge in [0.2, 0.25) is 5.95 Å². The highest BCUT2D eigenvalue weighted by Gasteiger charge is 2.23. The fourth-order valence-electron chi connectivity index (χ4n) is 3.62. The maximum absolute atomic E-state index is 13.7. The molecule has 0 saturated carbocycles. The Labute approximate surface area is 194 Å². The van der Waals surface area contributed by atoms with Crippen LogP contribution in [0.1, 0.15) is 24.4 Å². The van der Waals surface area contributed by atoms with Crippen molar-refractivity contribution in [3.05, 3.63) is 70.3 Å². The fourth-order valence-corrected chi connectivity index (χ4v) is 4.51. The van der Waals surface area contributed by atoms with Crippen molar-refractivity contribution in [2.75, 3.05) is 23.0 Å². The van der Waals surface area contributed by atoms with E-state index in [1.54, 1.807) is 43.3 Å². The van der Waals surface area contributed by atoms with E-state index in [4.69, 9.17) is 11.5 Å². The maximum atomic E-state index is 13.7. The minimum absolute atomic E-state index is 0.00481. The molecule has 2 heterocycles. The summed E-state index contributed by atoms with van der Waals surface area (Å²) in [6.07, 6.45) is 1.04. The molecule has 0 saturated heterocycles. The number of hydrogen-bond acceptors (Lipinski definition) is 10. The third-order valence-electron chi connectivity index (χ3n) is 5.11. The molecular weight excluding hydrogens is 456 g/mol. The Balaban J connectivity index is 2.00. The number of nitrogen functional groups attached to an aromatic ring is 2. The van der Waals surface area contributed by atoms with E-state index in [1.807, 2.05) is 6.07 Å². The fraction of sp³-hybridized carbons (Fsp3) is 0.136. The minimum atomic E-state index is -3.70. The van der Waals surface area contributed by atoms with Crippen LogP contribution in [0.4, 0.5) is 17.6 Å². The molecule has 172 valence electrons. The molecule has 5 N–H and O–H groups in total.